The SMILES string of the molecule is CCOc1ccc(C(=O)N2CCCC(c3nc4ccccc4s3)C2)cc1.COc1cc(C(=O)N2CCCC(c3nc4ccccc4s3)C2)cc(OC)c1OCC(N)=O.Cc1cccc(C(=O)NCC(=O)N2CCC(c3nc4ccccc4s3)CC2)c1. The number of hydrogen-bond acceptors (Lipinski definition) is 15. The van der Waals surface area contributed by atoms with Gasteiger partial charge in [-0.3, -0.25) is 24.0 Å². The minimum absolute atomic E-state index is 0.0243. The molecule has 3 saturated heterocycles. The van der Waals surface area contributed by atoms with Crippen molar-refractivity contribution in [2.75, 3.05) is 73.2 Å². The van der Waals surface area contributed by atoms with E-state index in [2.05, 4.69) is 29.6 Å². The van der Waals surface area contributed by atoms with Crippen LogP contribution in [-0.2, 0) is 9.59 Å². The number of aryl methyl sites for hydroxylation is 1. The van der Waals surface area contributed by atoms with Crippen molar-refractivity contribution in [1.29, 1.82) is 0 Å². The largest absolute Gasteiger partial charge is 0.494 e. The summed E-state index contributed by atoms with van der Waals surface area (Å²) in [6.07, 6.45) is 5.83. The molecule has 12 rings (SSSR count). The number of piperidine rings is 3. The second-order valence-corrected chi connectivity index (χ2v) is 24.6. The number of amides is 5. The molecule has 2 atom stereocenters. The van der Waals surface area contributed by atoms with E-state index >= 15 is 0 Å². The van der Waals surface area contributed by atoms with Crippen molar-refractivity contribution < 1.29 is 42.9 Å². The number of methoxy groups -OCH3 is 2. The maximum Gasteiger partial charge on any atom is 0.255 e. The molecule has 3 aromatic heterocycles. The average Bonchev–Trinajstić information content (AvgIpc) is 3.59. The number of para-hydroxylation sites is 3. The van der Waals surface area contributed by atoms with Crippen LogP contribution >= 0.6 is 34.0 Å². The van der Waals surface area contributed by atoms with E-state index in [1.165, 1.54) is 28.6 Å². The summed E-state index contributed by atoms with van der Waals surface area (Å²) in [6.45, 7) is 8.48. The van der Waals surface area contributed by atoms with Crippen LogP contribution in [0, 0.1) is 6.92 Å². The van der Waals surface area contributed by atoms with Crippen LogP contribution in [0.3, 0.4) is 0 Å². The monoisotopic (exact) mass is 1210 g/mol. The number of hydrogen-bond donors (Lipinski definition) is 2. The number of carbonyl (C=O) groups is 5. The molecular weight excluding hydrogens is 1140 g/mol. The third-order valence-corrected chi connectivity index (χ3v) is 19.0. The van der Waals surface area contributed by atoms with Crippen LogP contribution in [0.4, 0.5) is 0 Å². The van der Waals surface area contributed by atoms with Gasteiger partial charge < -0.3 is 44.7 Å². The molecule has 20 heteroatoms. The molecule has 9 aromatic rings. The Morgan fingerprint density at radius 2 is 1.06 bits per heavy atom. The van der Waals surface area contributed by atoms with Crippen molar-refractivity contribution in [3.05, 3.63) is 171 Å². The number of nitrogens with zero attached hydrogens (tertiary/aromatic N) is 6. The fourth-order valence-corrected chi connectivity index (χ4v) is 14.3. The van der Waals surface area contributed by atoms with Gasteiger partial charge in [0.2, 0.25) is 11.7 Å². The third-order valence-electron chi connectivity index (χ3n) is 15.4. The van der Waals surface area contributed by atoms with Crippen LogP contribution in [0.15, 0.2) is 133 Å². The number of thiazole rings is 3. The lowest BCUT2D eigenvalue weighted by atomic mass is 9.97. The number of aromatic nitrogens is 3. The lowest BCUT2D eigenvalue weighted by Gasteiger charge is -2.32. The molecule has 0 bridgehead atoms. The lowest BCUT2D eigenvalue weighted by Crippen LogP contribution is -2.43. The highest BCUT2D eigenvalue weighted by molar-refractivity contribution is 7.19. The summed E-state index contributed by atoms with van der Waals surface area (Å²) in [6, 6.07) is 42.5. The Labute approximate surface area is 512 Å². The number of benzene rings is 6. The summed E-state index contributed by atoms with van der Waals surface area (Å²) in [5.41, 5.74) is 11.0. The van der Waals surface area contributed by atoms with Gasteiger partial charge in [0.1, 0.15) is 5.75 Å². The fraction of sp³-hybridized carbons (Fsp3) is 0.333. The van der Waals surface area contributed by atoms with E-state index in [9.17, 15) is 24.0 Å². The Kier molecular flexibility index (Phi) is 20.2. The number of carbonyl (C=O) groups excluding carboxylic acids is 5. The zero-order valence-corrected chi connectivity index (χ0v) is 51.1. The summed E-state index contributed by atoms with van der Waals surface area (Å²) < 4.78 is 25.3. The summed E-state index contributed by atoms with van der Waals surface area (Å²) >= 11 is 5.20. The van der Waals surface area contributed by atoms with E-state index in [1.54, 1.807) is 52.2 Å². The van der Waals surface area contributed by atoms with Crippen molar-refractivity contribution in [3.8, 4) is 23.0 Å². The number of nitrogens with two attached hydrogens (primary N) is 1. The van der Waals surface area contributed by atoms with Gasteiger partial charge >= 0.3 is 0 Å². The topological polar surface area (TPSA) is 209 Å². The van der Waals surface area contributed by atoms with Crippen molar-refractivity contribution in [1.82, 2.24) is 35.0 Å². The van der Waals surface area contributed by atoms with Crippen LogP contribution in [0.5, 0.6) is 23.0 Å². The molecular formula is C66H70N8O9S3. The molecule has 5 amide bonds. The summed E-state index contributed by atoms with van der Waals surface area (Å²) in [4.78, 5) is 82.1. The molecule has 0 spiro atoms. The van der Waals surface area contributed by atoms with Crippen molar-refractivity contribution in [2.45, 2.75) is 70.1 Å². The molecule has 0 saturated carbocycles. The molecule has 3 aliphatic heterocycles. The normalized spacial score (nSPS) is 16.1. The van der Waals surface area contributed by atoms with Gasteiger partial charge in [0, 0.05) is 73.7 Å². The Hall–Kier alpha value is -8.46. The number of rotatable bonds is 15. The highest BCUT2D eigenvalue weighted by atomic mass is 32.1. The maximum atomic E-state index is 13.3. The summed E-state index contributed by atoms with van der Waals surface area (Å²) in [5.74, 6) is 1.69. The smallest absolute Gasteiger partial charge is 0.255 e. The molecule has 6 aromatic carbocycles. The first-order valence-electron chi connectivity index (χ1n) is 29.0. The molecule has 86 heavy (non-hydrogen) atoms. The number of fused-ring (bicyclic) bond motifs is 3. The van der Waals surface area contributed by atoms with Crippen LogP contribution in [0.25, 0.3) is 30.6 Å². The van der Waals surface area contributed by atoms with Crippen LogP contribution in [-0.4, -0.2) is 132 Å². The molecule has 6 heterocycles. The van der Waals surface area contributed by atoms with Gasteiger partial charge in [-0.25, -0.2) is 15.0 Å². The Bertz CT molecular complexity index is 3710. The van der Waals surface area contributed by atoms with Gasteiger partial charge in [0.15, 0.2) is 18.1 Å². The van der Waals surface area contributed by atoms with Crippen molar-refractivity contribution >= 4 is 94.2 Å². The van der Waals surface area contributed by atoms with Gasteiger partial charge in [-0.15, -0.1) is 34.0 Å². The third kappa shape index (κ3) is 15.0. The first kappa shape index (κ1) is 60.7. The molecule has 17 nitrogen and oxygen atoms in total. The van der Waals surface area contributed by atoms with Crippen LogP contribution in [0.2, 0.25) is 0 Å². The Morgan fingerprint density at radius 3 is 1.53 bits per heavy atom. The predicted molar refractivity (Wildman–Crippen MR) is 339 cm³/mol. The van der Waals surface area contributed by atoms with Gasteiger partial charge in [-0.05, 0) is 137 Å². The van der Waals surface area contributed by atoms with E-state index < -0.39 is 5.91 Å². The van der Waals surface area contributed by atoms with E-state index in [-0.39, 0.29) is 48.4 Å². The standard InChI is InChI=1S/C23H25N3O5S.C22H23N3O2S.C21H22N2O2S/c1-29-17-10-15(11-18(30-2)21(17)31-13-20(24)27)23(28)26-9-5-6-14(12-26)22-25-16-7-3-4-8-19(16)32-22;1-15-5-4-6-17(13-15)21(27)23-14-20(26)25-11-9-16(10-12-25)22-24-18-7-2-3-8-19(18)28-22;1-2-25-17-11-9-15(10-12-17)21(24)23-13-5-6-16(14-23)20-22-18-7-3-4-8-19(18)26-20/h3-4,7-8,10-11,14H,5-6,9,12-13H2,1-2H3,(H2,24,27);2-8,13,16H,9-12,14H2,1H3,(H,23,27);3-4,7-12,16H,2,5-6,13-14H2,1H3. The van der Waals surface area contributed by atoms with Gasteiger partial charge in [0.05, 0.1) is 73.0 Å². The van der Waals surface area contributed by atoms with E-state index in [1.807, 2.05) is 120 Å². The predicted octanol–water partition coefficient (Wildman–Crippen LogP) is 11.7. The minimum atomic E-state index is -0.622. The minimum Gasteiger partial charge on any atom is -0.494 e. The fourth-order valence-electron chi connectivity index (χ4n) is 11.0. The number of ether oxygens (including phenoxy) is 4. The molecule has 446 valence electrons. The molecule has 3 aliphatic rings. The summed E-state index contributed by atoms with van der Waals surface area (Å²) in [5, 5.41) is 6.12. The quantitative estimate of drug-likeness (QED) is 0.0982. The second kappa shape index (κ2) is 28.6. The van der Waals surface area contributed by atoms with Gasteiger partial charge in [-0.2, -0.15) is 0 Å². The average molecular weight is 1220 g/mol. The van der Waals surface area contributed by atoms with E-state index in [0.717, 1.165) is 99.8 Å². The molecule has 3 fully saturated rings. The second-order valence-electron chi connectivity index (χ2n) is 21.4. The molecule has 2 unspecified atom stereocenters. The van der Waals surface area contributed by atoms with Crippen molar-refractivity contribution in [2.24, 2.45) is 5.73 Å². The zero-order chi connectivity index (χ0) is 60.1. The van der Waals surface area contributed by atoms with Crippen LogP contribution < -0.4 is 30.0 Å². The van der Waals surface area contributed by atoms with E-state index in [0.29, 0.717) is 67.2 Å². The Morgan fingerprint density at radius 1 is 0.558 bits per heavy atom. The Balaban J connectivity index is 0.000000144. The number of primary amides is 1. The number of nitrogens with one attached hydrogen (secondary N) is 1. The van der Waals surface area contributed by atoms with Crippen LogP contribution in [0.1, 0.15) is 115 Å². The first-order chi connectivity index (χ1) is 41.8. The van der Waals surface area contributed by atoms with Gasteiger partial charge in [-0.1, -0.05) is 54.1 Å². The zero-order valence-electron chi connectivity index (χ0n) is 48.7. The van der Waals surface area contributed by atoms with Crippen molar-refractivity contribution in [3.63, 3.8) is 0 Å². The molecule has 3 N–H and O–H groups in total. The number of likely N-dealkylation sites (tertiary alicyclic amines) is 3. The van der Waals surface area contributed by atoms with E-state index in [4.69, 9.17) is 39.6 Å². The molecule has 0 aliphatic carbocycles. The summed E-state index contributed by atoms with van der Waals surface area (Å²) in [7, 11) is 2.93. The molecule has 0 radical (unpaired) electrons. The lowest BCUT2D eigenvalue weighted by molar-refractivity contribution is -0.131. The first-order valence-corrected chi connectivity index (χ1v) is 31.5. The highest BCUT2D eigenvalue weighted by Gasteiger charge is 2.31. The van der Waals surface area contributed by atoms with Gasteiger partial charge in [0.25, 0.3) is 23.6 Å². The maximum absolute atomic E-state index is 13.3. The highest BCUT2D eigenvalue weighted by Crippen LogP contribution is 2.41.